The largest absolute Gasteiger partial charge is 0.378 e. The zero-order valence-corrected chi connectivity index (χ0v) is 13.0. The fraction of sp³-hybridized carbons (Fsp3) is 0.938. The Labute approximate surface area is 127 Å². The minimum atomic E-state index is 0.120. The van der Waals surface area contributed by atoms with Gasteiger partial charge in [-0.25, -0.2) is 0 Å². The van der Waals surface area contributed by atoms with Crippen molar-refractivity contribution in [2.45, 2.75) is 38.1 Å². The molecular formula is C16H28N2O3. The van der Waals surface area contributed by atoms with Crippen LogP contribution in [0.2, 0.25) is 0 Å². The molecule has 0 aliphatic carbocycles. The Morgan fingerprint density at radius 2 is 1.86 bits per heavy atom. The second-order valence-corrected chi connectivity index (χ2v) is 6.51. The van der Waals surface area contributed by atoms with Crippen LogP contribution in [-0.4, -0.2) is 74.4 Å². The molecule has 0 saturated carbocycles. The van der Waals surface area contributed by atoms with E-state index in [0.29, 0.717) is 38.3 Å². The van der Waals surface area contributed by atoms with Crippen LogP contribution in [0, 0.1) is 5.92 Å². The van der Waals surface area contributed by atoms with E-state index >= 15 is 0 Å². The Morgan fingerprint density at radius 3 is 2.71 bits per heavy atom. The third kappa shape index (κ3) is 3.96. The van der Waals surface area contributed by atoms with Gasteiger partial charge in [0.05, 0.1) is 19.8 Å². The summed E-state index contributed by atoms with van der Waals surface area (Å²) in [5, 5.41) is 0. The molecule has 5 heteroatoms. The molecule has 0 aromatic rings. The van der Waals surface area contributed by atoms with Gasteiger partial charge in [0.2, 0.25) is 5.91 Å². The minimum Gasteiger partial charge on any atom is -0.378 e. The number of rotatable bonds is 4. The number of carbonyl (C=O) groups is 1. The maximum atomic E-state index is 12.1. The Kier molecular flexibility index (Phi) is 5.49. The summed E-state index contributed by atoms with van der Waals surface area (Å²) >= 11 is 0. The van der Waals surface area contributed by atoms with Crippen molar-refractivity contribution in [2.75, 3.05) is 52.6 Å². The highest BCUT2D eigenvalue weighted by molar-refractivity contribution is 5.77. The molecule has 3 heterocycles. The zero-order valence-electron chi connectivity index (χ0n) is 13.0. The maximum Gasteiger partial charge on any atom is 0.248 e. The Bertz CT molecular complexity index is 342. The average Bonchev–Trinajstić information content (AvgIpc) is 2.56. The standard InChI is InChI=1S/C16H28N2O3/c19-16(18-8-10-20-11-9-18)13-21-12-14-4-3-7-17-6-2-1-5-15(14)17/h14-15H,1-13H2/t14-,15-/m1/s1. The first-order valence-corrected chi connectivity index (χ1v) is 8.52. The lowest BCUT2D eigenvalue weighted by atomic mass is 9.84. The van der Waals surface area contributed by atoms with Gasteiger partial charge >= 0.3 is 0 Å². The monoisotopic (exact) mass is 296 g/mol. The molecule has 3 rings (SSSR count). The van der Waals surface area contributed by atoms with E-state index in [0.717, 1.165) is 6.61 Å². The lowest BCUT2D eigenvalue weighted by molar-refractivity contribution is -0.141. The van der Waals surface area contributed by atoms with Crippen LogP contribution in [0.5, 0.6) is 0 Å². The summed E-state index contributed by atoms with van der Waals surface area (Å²) in [7, 11) is 0. The van der Waals surface area contributed by atoms with E-state index in [1.807, 2.05) is 4.90 Å². The zero-order chi connectivity index (χ0) is 14.5. The summed E-state index contributed by atoms with van der Waals surface area (Å²) in [6.45, 7) is 6.24. The predicted molar refractivity (Wildman–Crippen MR) is 80.2 cm³/mol. The molecule has 0 aromatic heterocycles. The molecule has 3 saturated heterocycles. The second-order valence-electron chi connectivity index (χ2n) is 6.51. The minimum absolute atomic E-state index is 0.120. The highest BCUT2D eigenvalue weighted by Crippen LogP contribution is 2.30. The van der Waals surface area contributed by atoms with Gasteiger partial charge in [-0.3, -0.25) is 4.79 Å². The van der Waals surface area contributed by atoms with Crippen LogP contribution < -0.4 is 0 Å². The molecule has 0 aromatic carbocycles. The number of fused-ring (bicyclic) bond motifs is 1. The van der Waals surface area contributed by atoms with E-state index in [1.54, 1.807) is 0 Å². The molecule has 3 aliphatic rings. The molecule has 120 valence electrons. The molecule has 3 fully saturated rings. The van der Waals surface area contributed by atoms with Crippen molar-refractivity contribution in [3.8, 4) is 0 Å². The molecule has 0 unspecified atom stereocenters. The van der Waals surface area contributed by atoms with Crippen molar-refractivity contribution < 1.29 is 14.3 Å². The van der Waals surface area contributed by atoms with E-state index in [9.17, 15) is 4.79 Å². The lowest BCUT2D eigenvalue weighted by Crippen LogP contribution is -2.49. The number of amides is 1. The van der Waals surface area contributed by atoms with Crippen molar-refractivity contribution in [3.05, 3.63) is 0 Å². The van der Waals surface area contributed by atoms with Crippen LogP contribution in [0.25, 0.3) is 0 Å². The van der Waals surface area contributed by atoms with E-state index < -0.39 is 0 Å². The third-order valence-corrected chi connectivity index (χ3v) is 5.15. The van der Waals surface area contributed by atoms with Crippen LogP contribution in [-0.2, 0) is 14.3 Å². The lowest BCUT2D eigenvalue weighted by Gasteiger charge is -2.44. The van der Waals surface area contributed by atoms with Crippen LogP contribution >= 0.6 is 0 Å². The fourth-order valence-electron chi connectivity index (χ4n) is 3.97. The molecule has 0 bridgehead atoms. The van der Waals surface area contributed by atoms with Crippen LogP contribution in [0.15, 0.2) is 0 Å². The Hall–Kier alpha value is -0.650. The van der Waals surface area contributed by atoms with Gasteiger partial charge in [0.25, 0.3) is 0 Å². The number of morpholine rings is 1. The molecule has 2 atom stereocenters. The smallest absolute Gasteiger partial charge is 0.248 e. The van der Waals surface area contributed by atoms with E-state index in [2.05, 4.69) is 4.90 Å². The third-order valence-electron chi connectivity index (χ3n) is 5.15. The van der Waals surface area contributed by atoms with Crippen LogP contribution in [0.4, 0.5) is 0 Å². The number of ether oxygens (including phenoxy) is 2. The highest BCUT2D eigenvalue weighted by Gasteiger charge is 2.33. The maximum absolute atomic E-state index is 12.1. The summed E-state index contributed by atoms with van der Waals surface area (Å²) in [6.07, 6.45) is 6.55. The highest BCUT2D eigenvalue weighted by atomic mass is 16.5. The van der Waals surface area contributed by atoms with Crippen molar-refractivity contribution in [1.29, 1.82) is 0 Å². The summed E-state index contributed by atoms with van der Waals surface area (Å²) < 4.78 is 11.0. The molecule has 21 heavy (non-hydrogen) atoms. The first kappa shape index (κ1) is 15.3. The number of hydrogen-bond acceptors (Lipinski definition) is 4. The molecule has 0 spiro atoms. The van der Waals surface area contributed by atoms with Gasteiger partial charge in [-0.15, -0.1) is 0 Å². The topological polar surface area (TPSA) is 42.0 Å². The van der Waals surface area contributed by atoms with Gasteiger partial charge in [0, 0.05) is 19.1 Å². The molecule has 0 N–H and O–H groups in total. The summed E-state index contributed by atoms with van der Waals surface area (Å²) in [6, 6.07) is 0.700. The SMILES string of the molecule is O=C(COC[C@H]1CCCN2CCCC[C@H]12)N1CCOCC1. The first-order chi connectivity index (χ1) is 10.3. The summed E-state index contributed by atoms with van der Waals surface area (Å²) in [5.74, 6) is 0.742. The summed E-state index contributed by atoms with van der Waals surface area (Å²) in [5.41, 5.74) is 0. The summed E-state index contributed by atoms with van der Waals surface area (Å²) in [4.78, 5) is 16.6. The normalized spacial score (nSPS) is 31.0. The van der Waals surface area contributed by atoms with Gasteiger partial charge in [0.1, 0.15) is 6.61 Å². The molecule has 3 aliphatic heterocycles. The molecule has 1 amide bonds. The van der Waals surface area contributed by atoms with Gasteiger partial charge in [-0.1, -0.05) is 6.42 Å². The van der Waals surface area contributed by atoms with Crippen molar-refractivity contribution >= 4 is 5.91 Å². The van der Waals surface area contributed by atoms with Crippen LogP contribution in [0.1, 0.15) is 32.1 Å². The number of carbonyl (C=O) groups excluding carboxylic acids is 1. The quantitative estimate of drug-likeness (QED) is 0.780. The molecule has 0 radical (unpaired) electrons. The van der Waals surface area contributed by atoms with E-state index in [4.69, 9.17) is 9.47 Å². The second kappa shape index (κ2) is 7.56. The molecule has 5 nitrogen and oxygen atoms in total. The number of piperidine rings is 2. The average molecular weight is 296 g/mol. The Morgan fingerprint density at radius 1 is 1.05 bits per heavy atom. The van der Waals surface area contributed by atoms with Gasteiger partial charge in [0.15, 0.2) is 0 Å². The van der Waals surface area contributed by atoms with Crippen LogP contribution in [0.3, 0.4) is 0 Å². The van der Waals surface area contributed by atoms with Gasteiger partial charge in [-0.2, -0.15) is 0 Å². The molecular weight excluding hydrogens is 268 g/mol. The number of nitrogens with zero attached hydrogens (tertiary/aromatic N) is 2. The number of hydrogen-bond donors (Lipinski definition) is 0. The van der Waals surface area contributed by atoms with Crippen molar-refractivity contribution in [2.24, 2.45) is 5.92 Å². The Balaban J connectivity index is 1.40. The van der Waals surface area contributed by atoms with E-state index in [-0.39, 0.29) is 12.5 Å². The first-order valence-electron chi connectivity index (χ1n) is 8.52. The van der Waals surface area contributed by atoms with Gasteiger partial charge in [-0.05, 0) is 44.7 Å². The fourth-order valence-corrected chi connectivity index (χ4v) is 3.97. The predicted octanol–water partition coefficient (Wildman–Crippen LogP) is 1.13. The van der Waals surface area contributed by atoms with E-state index in [1.165, 1.54) is 45.2 Å². The van der Waals surface area contributed by atoms with Crippen molar-refractivity contribution in [1.82, 2.24) is 9.80 Å². The van der Waals surface area contributed by atoms with Gasteiger partial charge < -0.3 is 19.3 Å². The van der Waals surface area contributed by atoms with Crippen molar-refractivity contribution in [3.63, 3.8) is 0 Å².